The van der Waals surface area contributed by atoms with Crippen LogP contribution in [0.2, 0.25) is 0 Å². The maximum absolute atomic E-state index is 12.2. The Kier molecular flexibility index (Phi) is 4.63. The number of carbonyl (C=O) groups excluding carboxylic acids is 1. The zero-order valence-electron chi connectivity index (χ0n) is 12.5. The number of nitrogens with one attached hydrogen (secondary N) is 1. The molecule has 0 spiro atoms. The van der Waals surface area contributed by atoms with E-state index in [-0.39, 0.29) is 16.4 Å². The molecule has 2 aromatic rings. The van der Waals surface area contributed by atoms with Gasteiger partial charge in [0, 0.05) is 12.1 Å². The summed E-state index contributed by atoms with van der Waals surface area (Å²) in [6, 6.07) is 12.2. The minimum Gasteiger partial charge on any atom is -0.348 e. The summed E-state index contributed by atoms with van der Waals surface area (Å²) in [7, 11) is -3.84. The number of primary sulfonamides is 1. The fraction of sp³-hybridized carbons (Fsp3) is 0.188. The van der Waals surface area contributed by atoms with E-state index in [2.05, 4.69) is 5.32 Å². The SMILES string of the molecule is Cc1ccccc1CNC(=O)c1ccc(C)c(S(N)(=O)=O)c1. The lowest BCUT2D eigenvalue weighted by Crippen LogP contribution is -2.24. The molecule has 0 aliphatic rings. The van der Waals surface area contributed by atoms with Gasteiger partial charge in [-0.1, -0.05) is 30.3 Å². The molecule has 0 aliphatic heterocycles. The summed E-state index contributed by atoms with van der Waals surface area (Å²) in [5.41, 5.74) is 2.87. The number of rotatable bonds is 4. The number of aryl methyl sites for hydroxylation is 2. The molecule has 0 heterocycles. The van der Waals surface area contributed by atoms with Crippen LogP contribution >= 0.6 is 0 Å². The first-order valence-electron chi connectivity index (χ1n) is 6.75. The fourth-order valence-electron chi connectivity index (χ4n) is 2.13. The summed E-state index contributed by atoms with van der Waals surface area (Å²) in [6.45, 7) is 3.98. The van der Waals surface area contributed by atoms with Crippen molar-refractivity contribution < 1.29 is 13.2 Å². The van der Waals surface area contributed by atoms with Gasteiger partial charge in [-0.2, -0.15) is 0 Å². The molecule has 22 heavy (non-hydrogen) atoms. The van der Waals surface area contributed by atoms with Crippen LogP contribution in [0.15, 0.2) is 47.4 Å². The Morgan fingerprint density at radius 2 is 1.77 bits per heavy atom. The van der Waals surface area contributed by atoms with Crippen molar-refractivity contribution in [2.75, 3.05) is 0 Å². The molecule has 3 N–H and O–H groups in total. The minimum atomic E-state index is -3.84. The second-order valence-corrected chi connectivity index (χ2v) is 6.66. The lowest BCUT2D eigenvalue weighted by molar-refractivity contribution is 0.0950. The number of benzene rings is 2. The summed E-state index contributed by atoms with van der Waals surface area (Å²) < 4.78 is 23.0. The van der Waals surface area contributed by atoms with E-state index in [4.69, 9.17) is 5.14 Å². The number of nitrogens with two attached hydrogens (primary N) is 1. The van der Waals surface area contributed by atoms with Crippen molar-refractivity contribution >= 4 is 15.9 Å². The number of sulfonamides is 1. The van der Waals surface area contributed by atoms with E-state index in [0.29, 0.717) is 12.1 Å². The van der Waals surface area contributed by atoms with Gasteiger partial charge in [0.1, 0.15) is 0 Å². The van der Waals surface area contributed by atoms with Gasteiger partial charge in [0.05, 0.1) is 4.90 Å². The number of carbonyl (C=O) groups is 1. The standard InChI is InChI=1S/C16H18N2O3S/c1-11-5-3-4-6-14(11)10-18-16(19)13-8-7-12(2)15(9-13)22(17,20)21/h3-9H,10H2,1-2H3,(H,18,19)(H2,17,20,21). The second-order valence-electron chi connectivity index (χ2n) is 5.13. The number of amides is 1. The van der Waals surface area contributed by atoms with Crippen LogP contribution in [0.5, 0.6) is 0 Å². The van der Waals surface area contributed by atoms with Gasteiger partial charge >= 0.3 is 0 Å². The summed E-state index contributed by atoms with van der Waals surface area (Å²) >= 11 is 0. The van der Waals surface area contributed by atoms with E-state index in [1.807, 2.05) is 31.2 Å². The summed E-state index contributed by atoms with van der Waals surface area (Å²) in [5.74, 6) is -0.340. The lowest BCUT2D eigenvalue weighted by atomic mass is 10.1. The van der Waals surface area contributed by atoms with Crippen molar-refractivity contribution in [3.05, 3.63) is 64.7 Å². The molecule has 0 unspecified atom stereocenters. The Bertz CT molecular complexity index is 814. The molecule has 0 aromatic heterocycles. The summed E-state index contributed by atoms with van der Waals surface area (Å²) in [4.78, 5) is 12.1. The number of hydrogen-bond acceptors (Lipinski definition) is 3. The highest BCUT2D eigenvalue weighted by Crippen LogP contribution is 2.16. The second kappa shape index (κ2) is 6.29. The van der Waals surface area contributed by atoms with Gasteiger partial charge in [0.25, 0.3) is 5.91 Å². The van der Waals surface area contributed by atoms with Gasteiger partial charge in [-0.25, -0.2) is 13.6 Å². The van der Waals surface area contributed by atoms with Gasteiger partial charge in [0.2, 0.25) is 10.0 Å². The largest absolute Gasteiger partial charge is 0.348 e. The van der Waals surface area contributed by atoms with Gasteiger partial charge in [-0.15, -0.1) is 0 Å². The predicted octanol–water partition coefficient (Wildman–Crippen LogP) is 1.88. The molecule has 0 saturated carbocycles. The monoisotopic (exact) mass is 318 g/mol. The molecule has 0 atom stereocenters. The minimum absolute atomic E-state index is 0.0314. The van der Waals surface area contributed by atoms with E-state index in [1.165, 1.54) is 6.07 Å². The Morgan fingerprint density at radius 3 is 2.41 bits per heavy atom. The Hall–Kier alpha value is -2.18. The third kappa shape index (κ3) is 3.72. The maximum Gasteiger partial charge on any atom is 0.251 e. The van der Waals surface area contributed by atoms with E-state index in [9.17, 15) is 13.2 Å². The molecule has 5 nitrogen and oxygen atoms in total. The Morgan fingerprint density at radius 1 is 1.09 bits per heavy atom. The zero-order valence-corrected chi connectivity index (χ0v) is 13.3. The molecule has 116 valence electrons. The fourth-order valence-corrected chi connectivity index (χ4v) is 2.94. The molecule has 2 rings (SSSR count). The molecule has 0 aliphatic carbocycles. The third-order valence-corrected chi connectivity index (χ3v) is 4.51. The molecule has 0 fully saturated rings. The van der Waals surface area contributed by atoms with Gasteiger partial charge in [-0.05, 0) is 42.7 Å². The maximum atomic E-state index is 12.2. The van der Waals surface area contributed by atoms with Crippen LogP contribution in [-0.4, -0.2) is 14.3 Å². The molecular weight excluding hydrogens is 300 g/mol. The van der Waals surface area contributed by atoms with Gasteiger partial charge in [-0.3, -0.25) is 4.79 Å². The highest BCUT2D eigenvalue weighted by molar-refractivity contribution is 7.89. The smallest absolute Gasteiger partial charge is 0.251 e. The van der Waals surface area contributed by atoms with Crippen molar-refractivity contribution in [3.8, 4) is 0 Å². The van der Waals surface area contributed by atoms with Crippen LogP contribution < -0.4 is 10.5 Å². The molecular formula is C16H18N2O3S. The van der Waals surface area contributed by atoms with Crippen LogP contribution in [-0.2, 0) is 16.6 Å². The molecule has 0 bridgehead atoms. The predicted molar refractivity (Wildman–Crippen MR) is 84.9 cm³/mol. The van der Waals surface area contributed by atoms with Crippen LogP contribution in [0.25, 0.3) is 0 Å². The average Bonchev–Trinajstić information content (AvgIpc) is 2.45. The van der Waals surface area contributed by atoms with Crippen molar-refractivity contribution in [1.82, 2.24) is 5.32 Å². The molecule has 0 saturated heterocycles. The summed E-state index contributed by atoms with van der Waals surface area (Å²) in [6.07, 6.45) is 0. The van der Waals surface area contributed by atoms with Crippen LogP contribution in [0, 0.1) is 13.8 Å². The number of hydrogen-bond donors (Lipinski definition) is 2. The summed E-state index contributed by atoms with van der Waals surface area (Å²) in [5, 5.41) is 7.93. The van der Waals surface area contributed by atoms with E-state index < -0.39 is 10.0 Å². The van der Waals surface area contributed by atoms with Crippen LogP contribution in [0.1, 0.15) is 27.0 Å². The van der Waals surface area contributed by atoms with Gasteiger partial charge in [0.15, 0.2) is 0 Å². The first-order chi connectivity index (χ1) is 10.3. The van der Waals surface area contributed by atoms with E-state index >= 15 is 0 Å². The third-order valence-electron chi connectivity index (χ3n) is 3.46. The normalized spacial score (nSPS) is 11.2. The van der Waals surface area contributed by atoms with Crippen LogP contribution in [0.3, 0.4) is 0 Å². The van der Waals surface area contributed by atoms with E-state index in [0.717, 1.165) is 11.1 Å². The first kappa shape index (κ1) is 16.2. The zero-order chi connectivity index (χ0) is 16.3. The van der Waals surface area contributed by atoms with Crippen LogP contribution in [0.4, 0.5) is 0 Å². The van der Waals surface area contributed by atoms with Crippen molar-refractivity contribution in [1.29, 1.82) is 0 Å². The molecule has 2 aromatic carbocycles. The Labute approximate surface area is 130 Å². The average molecular weight is 318 g/mol. The first-order valence-corrected chi connectivity index (χ1v) is 8.30. The van der Waals surface area contributed by atoms with Crippen molar-refractivity contribution in [2.24, 2.45) is 5.14 Å². The van der Waals surface area contributed by atoms with E-state index in [1.54, 1.807) is 19.1 Å². The van der Waals surface area contributed by atoms with Gasteiger partial charge < -0.3 is 5.32 Å². The highest BCUT2D eigenvalue weighted by Gasteiger charge is 2.15. The van der Waals surface area contributed by atoms with Crippen molar-refractivity contribution in [3.63, 3.8) is 0 Å². The lowest BCUT2D eigenvalue weighted by Gasteiger charge is -2.10. The quantitative estimate of drug-likeness (QED) is 0.902. The topological polar surface area (TPSA) is 89.3 Å². The highest BCUT2D eigenvalue weighted by atomic mass is 32.2. The van der Waals surface area contributed by atoms with Crippen molar-refractivity contribution in [2.45, 2.75) is 25.3 Å². The molecule has 0 radical (unpaired) electrons. The molecule has 1 amide bonds. The molecule has 6 heteroatoms. The Balaban J connectivity index is 2.19.